The molecular formula is C13H30N2O2. The van der Waals surface area contributed by atoms with Gasteiger partial charge in [0.25, 0.3) is 0 Å². The summed E-state index contributed by atoms with van der Waals surface area (Å²) in [5, 5.41) is 8.51. The van der Waals surface area contributed by atoms with Gasteiger partial charge in [0.1, 0.15) is 0 Å². The van der Waals surface area contributed by atoms with Crippen LogP contribution in [0.25, 0.3) is 0 Å². The minimum Gasteiger partial charge on any atom is -0.481 e. The van der Waals surface area contributed by atoms with Crippen LogP contribution in [0.3, 0.4) is 0 Å². The van der Waals surface area contributed by atoms with Crippen LogP contribution in [0.4, 0.5) is 0 Å². The molecule has 0 bridgehead atoms. The fraction of sp³-hybridized carbons (Fsp3) is 0.923. The number of hydrogen-bond acceptors (Lipinski definition) is 3. The minimum atomic E-state index is -0.696. The Bertz CT molecular complexity index is 167. The first kappa shape index (κ1) is 18.7. The predicted octanol–water partition coefficient (Wildman–Crippen LogP) is 2.15. The van der Waals surface area contributed by atoms with Gasteiger partial charge >= 0.3 is 5.97 Å². The molecule has 17 heavy (non-hydrogen) atoms. The number of aliphatic carboxylic acids is 1. The molecule has 1 fully saturated rings. The van der Waals surface area contributed by atoms with Crippen molar-refractivity contribution in [2.24, 2.45) is 0 Å². The number of nitrogens with zero attached hydrogens (tertiary/aromatic N) is 2. The lowest BCUT2D eigenvalue weighted by atomic mass is 10.3. The Kier molecular flexibility index (Phi) is 14.8. The molecule has 0 aromatic carbocycles. The highest BCUT2D eigenvalue weighted by Gasteiger charge is 2.15. The van der Waals surface area contributed by atoms with Crippen molar-refractivity contribution < 1.29 is 9.90 Å². The first-order chi connectivity index (χ1) is 8.22. The lowest BCUT2D eigenvalue weighted by molar-refractivity contribution is -0.137. The van der Waals surface area contributed by atoms with Crippen LogP contribution in [0.1, 0.15) is 41.0 Å². The second-order valence-corrected chi connectivity index (χ2v) is 3.42. The maximum Gasteiger partial charge on any atom is 0.304 e. The van der Waals surface area contributed by atoms with Gasteiger partial charge in [-0.2, -0.15) is 0 Å². The van der Waals surface area contributed by atoms with Crippen molar-refractivity contribution in [1.29, 1.82) is 0 Å². The summed E-state index contributed by atoms with van der Waals surface area (Å²) in [5.74, 6) is -0.696. The number of likely N-dealkylation sites (N-methyl/N-ethyl adjacent to an activating group) is 1. The lowest BCUT2D eigenvalue weighted by Crippen LogP contribution is -2.46. The Hall–Kier alpha value is -0.610. The Morgan fingerprint density at radius 2 is 1.41 bits per heavy atom. The predicted molar refractivity (Wildman–Crippen MR) is 73.5 cm³/mol. The van der Waals surface area contributed by atoms with Crippen molar-refractivity contribution in [3.8, 4) is 0 Å². The Morgan fingerprint density at radius 1 is 1.00 bits per heavy atom. The molecule has 0 atom stereocenters. The molecule has 1 saturated heterocycles. The van der Waals surface area contributed by atoms with Crippen LogP contribution < -0.4 is 0 Å². The summed E-state index contributed by atoms with van der Waals surface area (Å²) in [5.41, 5.74) is 0. The third-order valence-electron chi connectivity index (χ3n) is 2.55. The monoisotopic (exact) mass is 246 g/mol. The minimum absolute atomic E-state index is 0.270. The average molecular weight is 246 g/mol. The first-order valence-electron chi connectivity index (χ1n) is 6.89. The number of carbonyl (C=O) groups is 1. The van der Waals surface area contributed by atoms with Crippen molar-refractivity contribution in [3.63, 3.8) is 0 Å². The summed E-state index contributed by atoms with van der Waals surface area (Å²) in [6.07, 6.45) is 0.270. The fourth-order valence-electron chi connectivity index (χ4n) is 1.58. The summed E-state index contributed by atoms with van der Waals surface area (Å²) in [6.45, 7) is 16.2. The van der Waals surface area contributed by atoms with E-state index in [9.17, 15) is 4.79 Å². The van der Waals surface area contributed by atoms with Crippen LogP contribution in [0.15, 0.2) is 0 Å². The normalized spacial score (nSPS) is 16.3. The molecule has 0 aliphatic carbocycles. The maximum absolute atomic E-state index is 10.3. The van der Waals surface area contributed by atoms with Gasteiger partial charge in [-0.1, -0.05) is 34.6 Å². The van der Waals surface area contributed by atoms with E-state index in [1.807, 2.05) is 27.7 Å². The van der Waals surface area contributed by atoms with E-state index in [4.69, 9.17) is 5.11 Å². The summed E-state index contributed by atoms with van der Waals surface area (Å²) in [7, 11) is 0. The van der Waals surface area contributed by atoms with E-state index in [1.54, 1.807) is 0 Å². The van der Waals surface area contributed by atoms with Gasteiger partial charge in [-0.05, 0) is 6.54 Å². The number of hydrogen-bond donors (Lipinski definition) is 1. The third-order valence-corrected chi connectivity index (χ3v) is 2.55. The second kappa shape index (κ2) is 13.5. The van der Waals surface area contributed by atoms with E-state index < -0.39 is 5.97 Å². The molecule has 0 spiro atoms. The molecule has 1 aliphatic rings. The molecular weight excluding hydrogens is 216 g/mol. The van der Waals surface area contributed by atoms with Crippen LogP contribution >= 0.6 is 0 Å². The summed E-state index contributed by atoms with van der Waals surface area (Å²) >= 11 is 0. The van der Waals surface area contributed by atoms with Crippen LogP contribution in [0.5, 0.6) is 0 Å². The Morgan fingerprint density at radius 3 is 1.76 bits per heavy atom. The van der Waals surface area contributed by atoms with Crippen LogP contribution in [0, 0.1) is 0 Å². The molecule has 0 radical (unpaired) electrons. The van der Waals surface area contributed by atoms with E-state index in [0.29, 0.717) is 6.54 Å². The third kappa shape index (κ3) is 10.3. The molecule has 4 nitrogen and oxygen atoms in total. The molecule has 1 rings (SSSR count). The molecule has 104 valence electrons. The molecule has 1 N–H and O–H groups in total. The maximum atomic E-state index is 10.3. The molecule has 1 aliphatic heterocycles. The highest BCUT2D eigenvalue weighted by Crippen LogP contribution is 2.01. The zero-order valence-corrected chi connectivity index (χ0v) is 12.2. The number of carboxylic acids is 1. The van der Waals surface area contributed by atoms with Gasteiger partial charge in [-0.25, -0.2) is 0 Å². The SMILES string of the molecule is CC.CC.CCN1CCN(CCC(=O)O)CC1. The van der Waals surface area contributed by atoms with Crippen LogP contribution in [-0.4, -0.2) is 60.1 Å². The standard InChI is InChI=1S/C9H18N2O2.2C2H6/c1-2-10-5-7-11(8-6-10)4-3-9(12)13;2*1-2/h2-8H2,1H3,(H,12,13);2*1-2H3. The first-order valence-corrected chi connectivity index (χ1v) is 6.89. The van der Waals surface area contributed by atoms with Gasteiger partial charge in [-0.15, -0.1) is 0 Å². The molecule has 0 saturated carbocycles. The quantitative estimate of drug-likeness (QED) is 0.825. The van der Waals surface area contributed by atoms with Crippen molar-refractivity contribution >= 4 is 5.97 Å². The van der Waals surface area contributed by atoms with E-state index >= 15 is 0 Å². The highest BCUT2D eigenvalue weighted by molar-refractivity contribution is 5.66. The van der Waals surface area contributed by atoms with Gasteiger partial charge in [0.2, 0.25) is 0 Å². The van der Waals surface area contributed by atoms with Gasteiger partial charge in [0.05, 0.1) is 6.42 Å². The van der Waals surface area contributed by atoms with Crippen molar-refractivity contribution in [2.75, 3.05) is 39.3 Å². The number of piperazine rings is 1. The highest BCUT2D eigenvalue weighted by atomic mass is 16.4. The molecule has 0 unspecified atom stereocenters. The topological polar surface area (TPSA) is 43.8 Å². The van der Waals surface area contributed by atoms with E-state index in [0.717, 1.165) is 32.7 Å². The molecule has 1 heterocycles. The van der Waals surface area contributed by atoms with Crippen molar-refractivity contribution in [2.45, 2.75) is 41.0 Å². The fourth-order valence-corrected chi connectivity index (χ4v) is 1.58. The summed E-state index contributed by atoms with van der Waals surface area (Å²) in [6, 6.07) is 0. The number of carboxylic acid groups (broad SMARTS) is 1. The molecule has 0 amide bonds. The van der Waals surface area contributed by atoms with E-state index in [1.165, 1.54) is 0 Å². The van der Waals surface area contributed by atoms with Crippen molar-refractivity contribution in [3.05, 3.63) is 0 Å². The van der Waals surface area contributed by atoms with Gasteiger partial charge in [0, 0.05) is 32.7 Å². The van der Waals surface area contributed by atoms with E-state index in [2.05, 4.69) is 16.7 Å². The zero-order valence-electron chi connectivity index (χ0n) is 12.2. The van der Waals surface area contributed by atoms with Crippen LogP contribution in [0.2, 0.25) is 0 Å². The summed E-state index contributed by atoms with van der Waals surface area (Å²) in [4.78, 5) is 14.9. The smallest absolute Gasteiger partial charge is 0.304 e. The second-order valence-electron chi connectivity index (χ2n) is 3.42. The van der Waals surface area contributed by atoms with Gasteiger partial charge in [-0.3, -0.25) is 4.79 Å². The average Bonchev–Trinajstić information content (AvgIpc) is 2.41. The molecule has 4 heteroatoms. The molecule has 0 aromatic heterocycles. The zero-order chi connectivity index (χ0) is 13.7. The summed E-state index contributed by atoms with van der Waals surface area (Å²) < 4.78 is 0. The lowest BCUT2D eigenvalue weighted by Gasteiger charge is -2.33. The largest absolute Gasteiger partial charge is 0.481 e. The molecule has 0 aromatic rings. The Labute approximate surface area is 107 Å². The van der Waals surface area contributed by atoms with Crippen molar-refractivity contribution in [1.82, 2.24) is 9.80 Å². The van der Waals surface area contributed by atoms with E-state index in [-0.39, 0.29) is 6.42 Å². The number of rotatable bonds is 4. The van der Waals surface area contributed by atoms with Gasteiger partial charge in [0.15, 0.2) is 0 Å². The Balaban J connectivity index is 0. The van der Waals surface area contributed by atoms with Crippen LogP contribution in [-0.2, 0) is 4.79 Å². The van der Waals surface area contributed by atoms with Gasteiger partial charge < -0.3 is 14.9 Å².